The van der Waals surface area contributed by atoms with Gasteiger partial charge in [-0.15, -0.1) is 0 Å². The third-order valence-electron chi connectivity index (χ3n) is 1.46. The van der Waals surface area contributed by atoms with Crippen molar-refractivity contribution in [2.24, 2.45) is 0 Å². The van der Waals surface area contributed by atoms with E-state index in [0.29, 0.717) is 10.0 Å². The smallest absolute Gasteiger partial charge is 0.282 e. The molecule has 1 rings (SSSR count). The van der Waals surface area contributed by atoms with Crippen molar-refractivity contribution in [1.29, 1.82) is 0 Å². The van der Waals surface area contributed by atoms with Gasteiger partial charge in [-0.3, -0.25) is 0 Å². The van der Waals surface area contributed by atoms with Crippen molar-refractivity contribution >= 4 is 21.6 Å². The van der Waals surface area contributed by atoms with Crippen molar-refractivity contribution in [3.05, 3.63) is 29.3 Å². The van der Waals surface area contributed by atoms with Crippen LogP contribution < -0.4 is 22.2 Å². The molecule has 0 heterocycles. The van der Waals surface area contributed by atoms with Crippen molar-refractivity contribution in [3.8, 4) is 0 Å². The second kappa shape index (κ2) is 5.67. The zero-order valence-electron chi connectivity index (χ0n) is 8.29. The van der Waals surface area contributed by atoms with Gasteiger partial charge in [0.15, 0.2) is 0 Å². The highest BCUT2D eigenvalue weighted by molar-refractivity contribution is 7.89. The summed E-state index contributed by atoms with van der Waals surface area (Å²) in [6, 6.07) is 6.02. The van der Waals surface area contributed by atoms with Gasteiger partial charge in [0.25, 0.3) is 10.0 Å². The van der Waals surface area contributed by atoms with Gasteiger partial charge < -0.3 is 12.4 Å². The van der Waals surface area contributed by atoms with E-state index in [9.17, 15) is 8.42 Å². The highest BCUT2D eigenvalue weighted by Gasteiger charge is 2.16. The van der Waals surface area contributed by atoms with Gasteiger partial charge in [0.05, 0.1) is 19.0 Å². The number of sulfonamides is 1. The topological polar surface area (TPSA) is 50.6 Å². The Morgan fingerprint density at radius 3 is 2.07 bits per heavy atom. The van der Waals surface area contributed by atoms with E-state index in [1.807, 2.05) is 0 Å². The molecular formula is C8H12Cl2N2O2S. The number of hydrogen-bond donors (Lipinski definition) is 2. The molecule has 0 spiro atoms. The monoisotopic (exact) mass is 270 g/mol. The van der Waals surface area contributed by atoms with Crippen molar-refractivity contribution < 1.29 is 25.8 Å². The number of benzene rings is 1. The van der Waals surface area contributed by atoms with Crippen LogP contribution >= 0.6 is 11.6 Å². The zero-order valence-corrected chi connectivity index (χ0v) is 10.6. The van der Waals surface area contributed by atoms with Gasteiger partial charge in [-0.1, -0.05) is 16.4 Å². The Hall–Kier alpha value is -0.330. The van der Waals surface area contributed by atoms with Crippen LogP contribution in [0.2, 0.25) is 5.02 Å². The molecule has 1 aromatic rings. The molecule has 0 atom stereocenters. The minimum Gasteiger partial charge on any atom is -1.00 e. The van der Waals surface area contributed by atoms with E-state index in [2.05, 4.69) is 4.83 Å². The lowest BCUT2D eigenvalue weighted by molar-refractivity contribution is -0.890. The molecule has 86 valence electrons. The predicted octanol–water partition coefficient (Wildman–Crippen LogP) is -3.32. The quantitative estimate of drug-likeness (QED) is 0.565. The van der Waals surface area contributed by atoms with Gasteiger partial charge in [-0.05, 0) is 24.3 Å². The van der Waals surface area contributed by atoms with Crippen LogP contribution in [0.1, 0.15) is 0 Å². The van der Waals surface area contributed by atoms with Crippen LogP contribution in [0.25, 0.3) is 0 Å². The average Bonchev–Trinajstić information content (AvgIpc) is 2.02. The molecule has 0 amide bonds. The number of halogens is 2. The summed E-state index contributed by atoms with van der Waals surface area (Å²) in [5, 5.41) is 1.14. The molecule has 0 aliphatic heterocycles. The van der Waals surface area contributed by atoms with E-state index in [1.165, 1.54) is 12.1 Å². The molecule has 0 aliphatic carbocycles. The fourth-order valence-electron chi connectivity index (χ4n) is 0.941. The standard InChI is InChI=1S/C8H11ClN2O2S.ClH/c1-11(2)10-14(12,13)8-5-3-7(9)4-6-8;/h3-6,10H,1-2H3;1H. The fourth-order valence-corrected chi connectivity index (χ4v) is 2.22. The predicted molar refractivity (Wildman–Crippen MR) is 54.6 cm³/mol. The van der Waals surface area contributed by atoms with Gasteiger partial charge in [-0.25, -0.2) is 13.4 Å². The normalized spacial score (nSPS) is 11.2. The van der Waals surface area contributed by atoms with Crippen LogP contribution in [0.4, 0.5) is 0 Å². The maximum atomic E-state index is 11.6. The summed E-state index contributed by atoms with van der Waals surface area (Å²) >= 11 is 5.65. The molecule has 0 fully saturated rings. The molecular weight excluding hydrogens is 259 g/mol. The van der Waals surface area contributed by atoms with E-state index in [1.54, 1.807) is 26.2 Å². The molecule has 0 saturated carbocycles. The second-order valence-corrected chi connectivity index (χ2v) is 5.18. The van der Waals surface area contributed by atoms with Gasteiger partial charge in [0, 0.05) is 5.02 Å². The van der Waals surface area contributed by atoms with Crippen molar-refractivity contribution in [2.75, 3.05) is 14.1 Å². The van der Waals surface area contributed by atoms with Crippen molar-refractivity contribution in [3.63, 3.8) is 0 Å². The average molecular weight is 271 g/mol. The molecule has 1 aromatic carbocycles. The van der Waals surface area contributed by atoms with Crippen LogP contribution in [-0.2, 0) is 10.0 Å². The van der Waals surface area contributed by atoms with Gasteiger partial charge in [0.1, 0.15) is 0 Å². The number of quaternary nitrogens is 1. The maximum Gasteiger partial charge on any atom is 0.282 e. The fraction of sp³-hybridized carbons (Fsp3) is 0.250. The third kappa shape index (κ3) is 4.36. The van der Waals surface area contributed by atoms with Crippen LogP contribution in [0.15, 0.2) is 29.2 Å². The first-order valence-electron chi connectivity index (χ1n) is 4.00. The molecule has 0 radical (unpaired) electrons. The summed E-state index contributed by atoms with van der Waals surface area (Å²) in [6.07, 6.45) is 0. The van der Waals surface area contributed by atoms with Crippen LogP contribution in [0.3, 0.4) is 0 Å². The Morgan fingerprint density at radius 1 is 1.20 bits per heavy atom. The lowest BCUT2D eigenvalue weighted by Crippen LogP contribution is -3.13. The Balaban J connectivity index is 0.00000196. The lowest BCUT2D eigenvalue weighted by atomic mass is 10.4. The van der Waals surface area contributed by atoms with Crippen molar-refractivity contribution in [1.82, 2.24) is 4.83 Å². The molecule has 0 aromatic heterocycles. The highest BCUT2D eigenvalue weighted by Crippen LogP contribution is 2.12. The minimum atomic E-state index is -3.42. The van der Waals surface area contributed by atoms with E-state index in [0.717, 1.165) is 0 Å². The first-order valence-corrected chi connectivity index (χ1v) is 5.86. The Kier molecular flexibility index (Phi) is 5.55. The Bertz CT molecular complexity index is 403. The summed E-state index contributed by atoms with van der Waals surface area (Å²) < 4.78 is 23.2. The number of hydrogen-bond acceptors (Lipinski definition) is 2. The van der Waals surface area contributed by atoms with Crippen molar-refractivity contribution in [2.45, 2.75) is 4.90 Å². The van der Waals surface area contributed by atoms with E-state index in [-0.39, 0.29) is 17.3 Å². The van der Waals surface area contributed by atoms with Gasteiger partial charge in [0.2, 0.25) is 0 Å². The highest BCUT2D eigenvalue weighted by atomic mass is 35.5. The van der Waals surface area contributed by atoms with E-state index < -0.39 is 10.0 Å². The first-order chi connectivity index (χ1) is 6.42. The first kappa shape index (κ1) is 14.7. The van der Waals surface area contributed by atoms with E-state index >= 15 is 0 Å². The molecule has 4 nitrogen and oxygen atoms in total. The summed E-state index contributed by atoms with van der Waals surface area (Å²) in [4.78, 5) is 2.61. The Morgan fingerprint density at radius 2 is 1.67 bits per heavy atom. The molecule has 2 N–H and O–H groups in total. The van der Waals surface area contributed by atoms with Crippen LogP contribution in [0.5, 0.6) is 0 Å². The molecule has 15 heavy (non-hydrogen) atoms. The largest absolute Gasteiger partial charge is 1.00 e. The van der Waals surface area contributed by atoms with Gasteiger partial charge >= 0.3 is 0 Å². The summed E-state index contributed by atoms with van der Waals surface area (Å²) in [6.45, 7) is 0. The lowest BCUT2D eigenvalue weighted by Gasteiger charge is -2.09. The minimum absolute atomic E-state index is 0. The third-order valence-corrected chi connectivity index (χ3v) is 3.28. The molecule has 0 aliphatic rings. The SMILES string of the molecule is C[NH+](C)NS(=O)(=O)c1ccc(Cl)cc1.[Cl-]. The summed E-state index contributed by atoms with van der Waals surface area (Å²) in [5.74, 6) is 0. The Labute approximate surface area is 101 Å². The van der Waals surface area contributed by atoms with Gasteiger partial charge in [-0.2, -0.15) is 0 Å². The second-order valence-electron chi connectivity index (χ2n) is 3.06. The zero-order chi connectivity index (χ0) is 10.8. The van der Waals surface area contributed by atoms with E-state index in [4.69, 9.17) is 11.6 Å². The summed E-state index contributed by atoms with van der Waals surface area (Å²) in [5.41, 5.74) is 0. The molecule has 0 unspecified atom stereocenters. The molecule has 0 bridgehead atoms. The van der Waals surface area contributed by atoms with Crippen LogP contribution in [-0.4, -0.2) is 22.5 Å². The maximum absolute atomic E-state index is 11.6. The number of rotatable bonds is 3. The summed E-state index contributed by atoms with van der Waals surface area (Å²) in [7, 11) is -0.0460. The van der Waals surface area contributed by atoms with Crippen LogP contribution in [0, 0.1) is 0 Å². The molecule has 7 heteroatoms. The number of nitrogens with one attached hydrogen (secondary N) is 2. The molecule has 0 saturated heterocycles.